The van der Waals surface area contributed by atoms with Gasteiger partial charge in [0.1, 0.15) is 5.04 Å². The van der Waals surface area contributed by atoms with Gasteiger partial charge in [-0.15, -0.1) is 0 Å². The summed E-state index contributed by atoms with van der Waals surface area (Å²) in [4.78, 5) is 23.0. The molecule has 0 spiro atoms. The number of hydrogen-bond acceptors (Lipinski definition) is 6. The second kappa shape index (κ2) is 7.02. The topological polar surface area (TPSA) is 85.0 Å². The summed E-state index contributed by atoms with van der Waals surface area (Å²) in [7, 11) is 2.02. The summed E-state index contributed by atoms with van der Waals surface area (Å²) in [5.74, 6) is -0.401. The van der Waals surface area contributed by atoms with Crippen molar-refractivity contribution in [2.45, 2.75) is 19.3 Å². The Balaban J connectivity index is 1.49. The second-order valence-corrected chi connectivity index (χ2v) is 8.89. The number of amides is 1. The van der Waals surface area contributed by atoms with E-state index in [1.54, 1.807) is 18.5 Å². The van der Waals surface area contributed by atoms with Gasteiger partial charge < -0.3 is 4.90 Å². The number of nitrogens with one attached hydrogen (secondary N) is 1. The molecule has 0 fully saturated rings. The summed E-state index contributed by atoms with van der Waals surface area (Å²) in [5, 5.41) is 15.6. The number of benzene rings is 1. The molecular formula is C23H20N6OS. The normalized spacial score (nSPS) is 22.0. The molecule has 1 N–H and O–H groups in total. The highest BCUT2D eigenvalue weighted by Gasteiger charge is 2.39. The summed E-state index contributed by atoms with van der Waals surface area (Å²) in [5.41, 5.74) is 4.30. The lowest BCUT2D eigenvalue weighted by Crippen LogP contribution is -2.35. The third kappa shape index (κ3) is 3.02. The minimum absolute atomic E-state index is 0.0272. The lowest BCUT2D eigenvalue weighted by Gasteiger charge is -2.24. The number of hydrazone groups is 1. The Labute approximate surface area is 184 Å². The number of nitrogens with zero attached hydrogens (tertiary/aromatic N) is 5. The molecular weight excluding hydrogens is 408 g/mol. The minimum Gasteiger partial charge on any atom is -0.347 e. The van der Waals surface area contributed by atoms with E-state index in [1.807, 2.05) is 37.4 Å². The molecule has 3 aliphatic rings. The van der Waals surface area contributed by atoms with Gasteiger partial charge in [-0.2, -0.15) is 15.1 Å². The van der Waals surface area contributed by atoms with Crippen molar-refractivity contribution in [1.29, 1.82) is 5.41 Å². The number of para-hydroxylation sites is 1. The highest BCUT2D eigenvalue weighted by molar-refractivity contribution is 8.27. The van der Waals surface area contributed by atoms with Gasteiger partial charge in [-0.3, -0.25) is 15.2 Å². The zero-order valence-corrected chi connectivity index (χ0v) is 18.1. The van der Waals surface area contributed by atoms with Crippen molar-refractivity contribution in [2.75, 3.05) is 11.9 Å². The number of allylic oxidation sites excluding steroid dienone is 3. The van der Waals surface area contributed by atoms with Crippen LogP contribution in [0.2, 0.25) is 0 Å². The maximum atomic E-state index is 12.7. The van der Waals surface area contributed by atoms with Crippen molar-refractivity contribution in [2.24, 2.45) is 10.1 Å². The largest absolute Gasteiger partial charge is 0.347 e. The fourth-order valence-corrected chi connectivity index (χ4v) is 4.98. The van der Waals surface area contributed by atoms with Crippen molar-refractivity contribution >= 4 is 39.4 Å². The number of fused-ring (bicyclic) bond motifs is 2. The fourth-order valence-electron chi connectivity index (χ4n) is 4.09. The summed E-state index contributed by atoms with van der Waals surface area (Å²) < 4.78 is 0. The highest BCUT2D eigenvalue weighted by Crippen LogP contribution is 2.46. The Bertz CT molecular complexity index is 1240. The predicted octanol–water partition coefficient (Wildman–Crippen LogP) is 3.90. The minimum atomic E-state index is -0.428. The number of pyridine rings is 1. The molecule has 0 saturated heterocycles. The molecule has 2 aromatic rings. The van der Waals surface area contributed by atoms with E-state index < -0.39 is 5.91 Å². The summed E-state index contributed by atoms with van der Waals surface area (Å²) >= 11 is 1.28. The number of aromatic nitrogens is 1. The van der Waals surface area contributed by atoms with Crippen molar-refractivity contribution in [1.82, 2.24) is 9.99 Å². The van der Waals surface area contributed by atoms with E-state index in [0.717, 1.165) is 16.9 Å². The van der Waals surface area contributed by atoms with Crippen LogP contribution in [0.1, 0.15) is 25.0 Å². The molecule has 3 aliphatic heterocycles. The van der Waals surface area contributed by atoms with Crippen LogP contribution in [-0.2, 0) is 10.2 Å². The van der Waals surface area contributed by atoms with Crippen molar-refractivity contribution < 1.29 is 4.79 Å². The summed E-state index contributed by atoms with van der Waals surface area (Å²) in [6.45, 7) is 4.32. The van der Waals surface area contributed by atoms with Crippen LogP contribution in [0.15, 0.2) is 82.3 Å². The van der Waals surface area contributed by atoms with Gasteiger partial charge in [0, 0.05) is 41.8 Å². The number of amidine groups is 2. The van der Waals surface area contributed by atoms with Crippen LogP contribution in [0.25, 0.3) is 0 Å². The van der Waals surface area contributed by atoms with Crippen molar-refractivity contribution in [3.63, 3.8) is 0 Å². The molecule has 4 heterocycles. The van der Waals surface area contributed by atoms with E-state index in [9.17, 15) is 4.79 Å². The molecule has 0 saturated carbocycles. The summed E-state index contributed by atoms with van der Waals surface area (Å²) in [6.07, 6.45) is 6.97. The standard InChI is InChI=1S/C23H20N6OS/c1-23(2)16-6-4-5-7-17(16)28(3)18(23)9-8-15-19(24)29-22(26-20(15)30)31-21(27-29)14-10-12-25-13-11-14/h4-13,24H,1-3H3/b15-8-,18-9+,24-19?. The smallest absolute Gasteiger partial charge is 0.283 e. The first kappa shape index (κ1) is 19.4. The van der Waals surface area contributed by atoms with Gasteiger partial charge in [0.25, 0.3) is 5.91 Å². The van der Waals surface area contributed by atoms with Crippen LogP contribution >= 0.6 is 11.8 Å². The monoisotopic (exact) mass is 428 g/mol. The van der Waals surface area contributed by atoms with Crippen molar-refractivity contribution in [3.8, 4) is 0 Å². The number of likely N-dealkylation sites (N-methyl/N-ethyl adjacent to an activating group) is 1. The molecule has 31 heavy (non-hydrogen) atoms. The quantitative estimate of drug-likeness (QED) is 0.733. The number of thioether (sulfide) groups is 1. The van der Waals surface area contributed by atoms with E-state index in [0.29, 0.717) is 10.2 Å². The molecule has 1 aromatic heterocycles. The highest BCUT2D eigenvalue weighted by atomic mass is 32.2. The predicted molar refractivity (Wildman–Crippen MR) is 124 cm³/mol. The molecule has 7 nitrogen and oxygen atoms in total. The van der Waals surface area contributed by atoms with Crippen LogP contribution in [0.4, 0.5) is 5.69 Å². The first-order valence-corrected chi connectivity index (χ1v) is 10.6. The molecule has 1 amide bonds. The average molecular weight is 429 g/mol. The van der Waals surface area contributed by atoms with Crippen LogP contribution in [0.3, 0.4) is 0 Å². The lowest BCUT2D eigenvalue weighted by atomic mass is 9.83. The van der Waals surface area contributed by atoms with Crippen LogP contribution in [0, 0.1) is 5.41 Å². The van der Waals surface area contributed by atoms with Gasteiger partial charge in [0.2, 0.25) is 5.17 Å². The van der Waals surface area contributed by atoms with E-state index >= 15 is 0 Å². The number of carbonyl (C=O) groups is 1. The SMILES string of the molecule is CN1/C(=C/C=C2/C(=N)N3N=C(c4ccncc4)SC3=NC2=O)C(C)(C)c2ccccc21. The molecule has 0 bridgehead atoms. The number of hydrogen-bond donors (Lipinski definition) is 1. The Hall–Kier alpha value is -3.52. The Kier molecular flexibility index (Phi) is 4.40. The average Bonchev–Trinajstić information content (AvgIpc) is 3.27. The third-order valence-corrected chi connectivity index (χ3v) is 6.69. The molecule has 154 valence electrons. The molecule has 0 aliphatic carbocycles. The zero-order chi connectivity index (χ0) is 21.8. The third-order valence-electron chi connectivity index (χ3n) is 5.73. The Morgan fingerprint density at radius 1 is 1.10 bits per heavy atom. The first-order valence-electron chi connectivity index (χ1n) is 9.82. The van der Waals surface area contributed by atoms with Gasteiger partial charge >= 0.3 is 0 Å². The van der Waals surface area contributed by atoms with Crippen molar-refractivity contribution in [3.05, 3.63) is 83.3 Å². The molecule has 5 rings (SSSR count). The number of anilines is 1. The fraction of sp³-hybridized carbons (Fsp3) is 0.174. The Morgan fingerprint density at radius 3 is 2.58 bits per heavy atom. The summed E-state index contributed by atoms with van der Waals surface area (Å²) in [6, 6.07) is 12.0. The molecule has 0 unspecified atom stereocenters. The van der Waals surface area contributed by atoms with Crippen LogP contribution in [-0.4, -0.2) is 39.0 Å². The lowest BCUT2D eigenvalue weighted by molar-refractivity contribution is -0.114. The number of carbonyl (C=O) groups excluding carboxylic acids is 1. The van der Waals surface area contributed by atoms with Gasteiger partial charge in [-0.25, -0.2) is 0 Å². The zero-order valence-electron chi connectivity index (χ0n) is 17.3. The first-order chi connectivity index (χ1) is 14.9. The molecule has 8 heteroatoms. The van der Waals surface area contributed by atoms with E-state index in [4.69, 9.17) is 5.41 Å². The van der Waals surface area contributed by atoms with Gasteiger partial charge in [-0.1, -0.05) is 32.0 Å². The maximum Gasteiger partial charge on any atom is 0.283 e. The maximum absolute atomic E-state index is 12.7. The molecule has 0 atom stereocenters. The van der Waals surface area contributed by atoms with E-state index in [-0.39, 0.29) is 16.8 Å². The van der Waals surface area contributed by atoms with E-state index in [2.05, 4.69) is 46.0 Å². The molecule has 1 aromatic carbocycles. The van der Waals surface area contributed by atoms with Gasteiger partial charge in [-0.05, 0) is 47.7 Å². The van der Waals surface area contributed by atoms with E-state index in [1.165, 1.54) is 22.3 Å². The number of rotatable bonds is 2. The number of aliphatic imine (C=N–C) groups is 1. The Morgan fingerprint density at radius 2 is 1.84 bits per heavy atom. The second-order valence-electron chi connectivity index (χ2n) is 7.94. The van der Waals surface area contributed by atoms with Gasteiger partial charge in [0.15, 0.2) is 5.84 Å². The van der Waals surface area contributed by atoms with Crippen LogP contribution < -0.4 is 4.90 Å². The van der Waals surface area contributed by atoms with Crippen LogP contribution in [0.5, 0.6) is 0 Å². The molecule has 0 radical (unpaired) electrons. The van der Waals surface area contributed by atoms with Gasteiger partial charge in [0.05, 0.1) is 5.57 Å².